The van der Waals surface area contributed by atoms with Crippen molar-refractivity contribution in [3.05, 3.63) is 0 Å². The van der Waals surface area contributed by atoms with Crippen LogP contribution in [0.1, 0.15) is 91.9 Å². The summed E-state index contributed by atoms with van der Waals surface area (Å²) < 4.78 is 28.1. The van der Waals surface area contributed by atoms with E-state index in [2.05, 4.69) is 32.0 Å². The number of hydrogen-bond donors (Lipinski definition) is 2. The molecule has 0 aliphatic heterocycles. The summed E-state index contributed by atoms with van der Waals surface area (Å²) in [6.07, 6.45) is 9.55. The van der Waals surface area contributed by atoms with E-state index in [1.54, 1.807) is 0 Å². The van der Waals surface area contributed by atoms with E-state index in [-0.39, 0.29) is 0 Å². The van der Waals surface area contributed by atoms with Crippen molar-refractivity contribution in [3.63, 3.8) is 0 Å². The zero-order chi connectivity index (χ0) is 18.6. The molecule has 0 fully saturated rings. The largest absolute Gasteiger partial charge is 0.703 e. The minimum Gasteiger partial charge on any atom is -0.322 e. The molecule has 0 bridgehead atoms. The average Bonchev–Trinajstić information content (AvgIpc) is 2.52. The van der Waals surface area contributed by atoms with E-state index in [4.69, 9.17) is 4.89 Å². The second-order valence-electron chi connectivity index (χ2n) is 6.84. The minimum atomic E-state index is -4.09. The normalized spacial score (nSPS) is 18.7. The van der Waals surface area contributed by atoms with Crippen molar-refractivity contribution in [2.75, 3.05) is 0 Å². The molecule has 0 radical (unpaired) electrons. The highest BCUT2D eigenvalue weighted by Crippen LogP contribution is 2.58. The van der Waals surface area contributed by atoms with Gasteiger partial charge in [-0.15, -0.1) is 4.89 Å². The summed E-state index contributed by atoms with van der Waals surface area (Å²) in [7, 11) is -7.16. The highest BCUT2D eigenvalue weighted by Gasteiger charge is 2.42. The first-order valence-electron chi connectivity index (χ1n) is 9.48. The van der Waals surface area contributed by atoms with Gasteiger partial charge in [0.05, 0.1) is 5.66 Å². The summed E-state index contributed by atoms with van der Waals surface area (Å²) >= 11 is 0. The van der Waals surface area contributed by atoms with E-state index in [1.807, 2.05) is 0 Å². The van der Waals surface area contributed by atoms with Crippen LogP contribution in [0.25, 0.3) is 0 Å². The Morgan fingerprint density at radius 1 is 0.958 bits per heavy atom. The lowest BCUT2D eigenvalue weighted by molar-refractivity contribution is 0.298. The predicted octanol–water partition coefficient (Wildman–Crippen LogP) is 6.42. The SMILES string of the molecule is CCCCC(CC)CC(CC(CC)CCCC)P(=O)(O)O[P+](=O)O. The summed E-state index contributed by atoms with van der Waals surface area (Å²) in [5.41, 5.74) is -0.549. The van der Waals surface area contributed by atoms with Gasteiger partial charge < -0.3 is 4.89 Å². The molecule has 24 heavy (non-hydrogen) atoms. The van der Waals surface area contributed by atoms with Crippen molar-refractivity contribution in [2.45, 2.75) is 97.6 Å². The summed E-state index contributed by atoms with van der Waals surface area (Å²) in [4.78, 5) is 19.2. The van der Waals surface area contributed by atoms with Crippen LogP contribution >= 0.6 is 15.9 Å². The van der Waals surface area contributed by atoms with Crippen molar-refractivity contribution in [1.29, 1.82) is 0 Å². The van der Waals surface area contributed by atoms with Gasteiger partial charge >= 0.3 is 15.9 Å². The fourth-order valence-electron chi connectivity index (χ4n) is 3.26. The van der Waals surface area contributed by atoms with Crippen LogP contribution in [0.2, 0.25) is 0 Å². The zero-order valence-corrected chi connectivity index (χ0v) is 17.6. The van der Waals surface area contributed by atoms with Gasteiger partial charge in [0.2, 0.25) is 0 Å². The molecule has 2 N–H and O–H groups in total. The molecule has 0 aromatic carbocycles. The smallest absolute Gasteiger partial charge is 0.322 e. The number of rotatable bonds is 15. The van der Waals surface area contributed by atoms with Gasteiger partial charge in [0.1, 0.15) is 0 Å². The van der Waals surface area contributed by atoms with E-state index in [0.29, 0.717) is 24.7 Å². The molecule has 0 saturated carbocycles. The molecule has 0 aromatic heterocycles. The number of unbranched alkanes of at least 4 members (excludes halogenated alkanes) is 2. The van der Waals surface area contributed by atoms with E-state index < -0.39 is 21.5 Å². The molecular formula is C17H37O5P2+. The maximum absolute atomic E-state index is 12.6. The van der Waals surface area contributed by atoms with Crippen LogP contribution in [0.3, 0.4) is 0 Å². The van der Waals surface area contributed by atoms with Crippen molar-refractivity contribution in [3.8, 4) is 0 Å². The fraction of sp³-hybridized carbons (Fsp3) is 1.00. The molecule has 4 unspecified atom stereocenters. The molecule has 144 valence electrons. The first kappa shape index (κ1) is 24.2. The van der Waals surface area contributed by atoms with Crippen molar-refractivity contribution >= 4 is 15.9 Å². The van der Waals surface area contributed by atoms with Crippen LogP contribution in [-0.4, -0.2) is 15.4 Å². The van der Waals surface area contributed by atoms with E-state index >= 15 is 0 Å². The van der Waals surface area contributed by atoms with Gasteiger partial charge in [0.15, 0.2) is 0 Å². The fourth-order valence-corrected chi connectivity index (χ4v) is 5.72. The Balaban J connectivity index is 5.11. The Morgan fingerprint density at radius 3 is 1.67 bits per heavy atom. The lowest BCUT2D eigenvalue weighted by Crippen LogP contribution is -2.19. The van der Waals surface area contributed by atoms with Crippen LogP contribution in [0.4, 0.5) is 0 Å². The van der Waals surface area contributed by atoms with Gasteiger partial charge in [-0.25, -0.2) is 0 Å². The molecule has 0 heterocycles. The van der Waals surface area contributed by atoms with Crippen LogP contribution in [0.5, 0.6) is 0 Å². The Labute approximate surface area is 149 Å². The highest BCUT2D eigenvalue weighted by atomic mass is 31.2. The molecule has 0 saturated heterocycles. The predicted molar refractivity (Wildman–Crippen MR) is 100 cm³/mol. The van der Waals surface area contributed by atoms with Gasteiger partial charge in [-0.2, -0.15) is 0 Å². The van der Waals surface area contributed by atoms with Crippen LogP contribution < -0.4 is 0 Å². The van der Waals surface area contributed by atoms with Gasteiger partial charge in [-0.05, 0) is 29.0 Å². The average molecular weight is 383 g/mol. The third-order valence-corrected chi connectivity index (χ3v) is 7.78. The lowest BCUT2D eigenvalue weighted by atomic mass is 9.88. The number of hydrogen-bond acceptors (Lipinski definition) is 3. The third kappa shape index (κ3) is 10.3. The quantitative estimate of drug-likeness (QED) is 0.319. The van der Waals surface area contributed by atoms with Crippen LogP contribution in [-0.2, 0) is 13.4 Å². The zero-order valence-electron chi connectivity index (χ0n) is 15.8. The van der Waals surface area contributed by atoms with Crippen molar-refractivity contribution < 1.29 is 23.2 Å². The molecule has 5 nitrogen and oxygen atoms in total. The Bertz CT molecular complexity index is 371. The lowest BCUT2D eigenvalue weighted by Gasteiger charge is -2.27. The van der Waals surface area contributed by atoms with Crippen LogP contribution in [0, 0.1) is 11.8 Å². The Kier molecular flexibility index (Phi) is 13.5. The minimum absolute atomic E-state index is 0.360. The van der Waals surface area contributed by atoms with Gasteiger partial charge in [0.25, 0.3) is 0 Å². The summed E-state index contributed by atoms with van der Waals surface area (Å²) in [5.74, 6) is 0.721. The standard InChI is InChI=1S/C17H36O5P2/c1-5-9-11-15(7-3)13-17(24(20,21)22-23(18)19)14-16(8-4)12-10-6-2/h15-17H,5-14H2,1-4H3,(H-,18,19,20,21)/p+1. The molecule has 0 rings (SSSR count). The highest BCUT2D eigenvalue weighted by molar-refractivity contribution is 7.60. The molecular weight excluding hydrogens is 346 g/mol. The molecule has 0 aliphatic carbocycles. The second-order valence-corrected chi connectivity index (χ2v) is 9.83. The van der Waals surface area contributed by atoms with Gasteiger partial charge in [-0.3, -0.25) is 4.57 Å². The topological polar surface area (TPSA) is 83.8 Å². The monoisotopic (exact) mass is 383 g/mol. The maximum Gasteiger partial charge on any atom is 0.703 e. The molecule has 0 spiro atoms. The molecule has 0 aromatic rings. The molecule has 7 heteroatoms. The Morgan fingerprint density at radius 2 is 1.38 bits per heavy atom. The van der Waals surface area contributed by atoms with Gasteiger partial charge in [-0.1, -0.05) is 79.1 Å². The Hall–Kier alpha value is 0.210. The maximum atomic E-state index is 12.6. The van der Waals surface area contributed by atoms with Crippen molar-refractivity contribution in [1.82, 2.24) is 0 Å². The van der Waals surface area contributed by atoms with E-state index in [0.717, 1.165) is 51.4 Å². The summed E-state index contributed by atoms with van der Waals surface area (Å²) in [6, 6.07) is 0. The molecule has 0 aliphatic rings. The summed E-state index contributed by atoms with van der Waals surface area (Å²) in [6.45, 7) is 8.47. The van der Waals surface area contributed by atoms with Gasteiger partial charge in [0, 0.05) is 4.57 Å². The van der Waals surface area contributed by atoms with Crippen LogP contribution in [0.15, 0.2) is 0 Å². The molecule has 0 amide bonds. The van der Waals surface area contributed by atoms with E-state index in [1.165, 1.54) is 0 Å². The molecule has 4 atom stereocenters. The van der Waals surface area contributed by atoms with Crippen molar-refractivity contribution in [2.24, 2.45) is 11.8 Å². The summed E-state index contributed by atoms with van der Waals surface area (Å²) in [5, 5.41) is 0. The first-order chi connectivity index (χ1) is 11.3. The second kappa shape index (κ2) is 13.4. The first-order valence-corrected chi connectivity index (χ1v) is 12.3. The van der Waals surface area contributed by atoms with E-state index in [9.17, 15) is 14.0 Å². The third-order valence-electron chi connectivity index (χ3n) is 4.95.